The molecule has 0 aromatic rings. The summed E-state index contributed by atoms with van der Waals surface area (Å²) >= 11 is 0. The van der Waals surface area contributed by atoms with Crippen LogP contribution in [0.25, 0.3) is 0 Å². The number of nitrogens with two attached hydrogens (primary N) is 2. The van der Waals surface area contributed by atoms with E-state index in [4.69, 9.17) is 16.2 Å². The Kier molecular flexibility index (Phi) is 4.20. The Morgan fingerprint density at radius 1 is 1.58 bits per heavy atom. The van der Waals surface area contributed by atoms with Gasteiger partial charge in [-0.2, -0.15) is 0 Å². The van der Waals surface area contributed by atoms with Gasteiger partial charge in [-0.1, -0.05) is 0 Å². The van der Waals surface area contributed by atoms with E-state index >= 15 is 0 Å². The third-order valence-corrected chi connectivity index (χ3v) is 1.77. The van der Waals surface area contributed by atoms with E-state index in [2.05, 4.69) is 0 Å². The average Bonchev–Trinajstić information content (AvgIpc) is 1.84. The maximum Gasteiger partial charge on any atom is 0.218 e. The molecule has 0 saturated heterocycles. The molecule has 0 fully saturated rings. The molecule has 1 unspecified atom stereocenters. The van der Waals surface area contributed by atoms with Crippen molar-refractivity contribution in [1.82, 2.24) is 0 Å². The summed E-state index contributed by atoms with van der Waals surface area (Å²) in [5.74, 6) is -0.366. The fraction of sp³-hybridized carbons (Fsp3) is 0.875. The second-order valence-corrected chi connectivity index (χ2v) is 3.60. The summed E-state index contributed by atoms with van der Waals surface area (Å²) in [6.07, 6.45) is 0.846. The minimum Gasteiger partial charge on any atom is -0.379 e. The standard InChI is InChI=1S/C8H18N2O2/c1-8(2,12-3)5-6(9)4-7(10)11/h6H,4-5,9H2,1-3H3,(H2,10,11). The molecule has 0 spiro atoms. The monoisotopic (exact) mass is 174 g/mol. The van der Waals surface area contributed by atoms with Crippen molar-refractivity contribution in [3.05, 3.63) is 0 Å². The molecule has 0 aromatic carbocycles. The number of carbonyl (C=O) groups is 1. The molecule has 12 heavy (non-hydrogen) atoms. The van der Waals surface area contributed by atoms with Gasteiger partial charge >= 0.3 is 0 Å². The molecule has 0 rings (SSSR count). The van der Waals surface area contributed by atoms with Crippen LogP contribution >= 0.6 is 0 Å². The molecule has 0 aromatic heterocycles. The molecule has 1 atom stereocenters. The molecule has 0 radical (unpaired) electrons. The molecule has 1 amide bonds. The maximum absolute atomic E-state index is 10.5. The predicted octanol–water partition coefficient (Wildman–Crippen LogP) is 0.00420. The summed E-state index contributed by atoms with van der Waals surface area (Å²) in [5, 5.41) is 0. The van der Waals surface area contributed by atoms with Gasteiger partial charge in [0.15, 0.2) is 0 Å². The van der Waals surface area contributed by atoms with Gasteiger partial charge in [0.2, 0.25) is 5.91 Å². The first-order valence-electron chi connectivity index (χ1n) is 3.96. The number of hydrogen-bond donors (Lipinski definition) is 2. The van der Waals surface area contributed by atoms with E-state index in [9.17, 15) is 4.79 Å². The average molecular weight is 174 g/mol. The largest absolute Gasteiger partial charge is 0.379 e. The fourth-order valence-corrected chi connectivity index (χ4v) is 1.05. The van der Waals surface area contributed by atoms with E-state index in [0.717, 1.165) is 0 Å². The second-order valence-electron chi connectivity index (χ2n) is 3.60. The van der Waals surface area contributed by atoms with Crippen molar-refractivity contribution in [2.24, 2.45) is 11.5 Å². The van der Waals surface area contributed by atoms with E-state index in [1.54, 1.807) is 7.11 Å². The van der Waals surface area contributed by atoms with Crippen LogP contribution in [0.1, 0.15) is 26.7 Å². The van der Waals surface area contributed by atoms with Gasteiger partial charge in [0.05, 0.1) is 5.60 Å². The molecule has 0 bridgehead atoms. The zero-order chi connectivity index (χ0) is 9.78. The van der Waals surface area contributed by atoms with Gasteiger partial charge in [-0.05, 0) is 20.3 Å². The minimum atomic E-state index is -0.366. The highest BCUT2D eigenvalue weighted by atomic mass is 16.5. The van der Waals surface area contributed by atoms with E-state index < -0.39 is 0 Å². The molecular weight excluding hydrogens is 156 g/mol. The van der Waals surface area contributed by atoms with Gasteiger partial charge in [0.1, 0.15) is 0 Å². The van der Waals surface area contributed by atoms with Gasteiger partial charge in [-0.3, -0.25) is 4.79 Å². The van der Waals surface area contributed by atoms with Crippen LogP contribution in [0.15, 0.2) is 0 Å². The molecule has 0 aliphatic rings. The summed E-state index contributed by atoms with van der Waals surface area (Å²) in [4.78, 5) is 10.5. The van der Waals surface area contributed by atoms with Gasteiger partial charge in [0.25, 0.3) is 0 Å². The van der Waals surface area contributed by atoms with Gasteiger partial charge < -0.3 is 16.2 Å². The van der Waals surface area contributed by atoms with Crippen LogP contribution in [-0.4, -0.2) is 24.7 Å². The molecule has 4 nitrogen and oxygen atoms in total. The first kappa shape index (κ1) is 11.4. The highest BCUT2D eigenvalue weighted by Gasteiger charge is 2.21. The lowest BCUT2D eigenvalue weighted by molar-refractivity contribution is -0.118. The Balaban J connectivity index is 3.83. The number of carbonyl (C=O) groups excluding carboxylic acids is 1. The van der Waals surface area contributed by atoms with Crippen molar-refractivity contribution < 1.29 is 9.53 Å². The molecule has 0 aliphatic heterocycles. The predicted molar refractivity (Wildman–Crippen MR) is 47.5 cm³/mol. The normalized spacial score (nSPS) is 14.3. The summed E-state index contributed by atoms with van der Waals surface area (Å²) < 4.78 is 5.16. The Labute approximate surface area is 73.2 Å². The Morgan fingerprint density at radius 3 is 2.42 bits per heavy atom. The number of primary amides is 1. The van der Waals surface area contributed by atoms with Crippen LogP contribution in [0.4, 0.5) is 0 Å². The zero-order valence-electron chi connectivity index (χ0n) is 7.96. The highest BCUT2D eigenvalue weighted by Crippen LogP contribution is 2.15. The van der Waals surface area contributed by atoms with Crippen LogP contribution in [0, 0.1) is 0 Å². The van der Waals surface area contributed by atoms with Gasteiger partial charge in [-0.15, -0.1) is 0 Å². The van der Waals surface area contributed by atoms with Crippen molar-refractivity contribution >= 4 is 5.91 Å². The van der Waals surface area contributed by atoms with Crippen molar-refractivity contribution in [2.45, 2.75) is 38.3 Å². The van der Waals surface area contributed by atoms with E-state index in [1.165, 1.54) is 0 Å². The van der Waals surface area contributed by atoms with E-state index in [0.29, 0.717) is 6.42 Å². The molecule has 72 valence electrons. The quantitative estimate of drug-likeness (QED) is 0.616. The third-order valence-electron chi connectivity index (χ3n) is 1.77. The fourth-order valence-electron chi connectivity index (χ4n) is 1.05. The lowest BCUT2D eigenvalue weighted by atomic mass is 9.97. The van der Waals surface area contributed by atoms with E-state index in [-0.39, 0.29) is 24.0 Å². The third kappa shape index (κ3) is 5.09. The second kappa shape index (κ2) is 4.42. The number of methoxy groups -OCH3 is 1. The van der Waals surface area contributed by atoms with Crippen LogP contribution in [0.3, 0.4) is 0 Å². The summed E-state index contributed by atoms with van der Waals surface area (Å²) in [6.45, 7) is 3.85. The Bertz CT molecular complexity index is 157. The summed E-state index contributed by atoms with van der Waals surface area (Å²) in [5.41, 5.74) is 10.4. The summed E-state index contributed by atoms with van der Waals surface area (Å²) in [6, 6.07) is -0.211. The zero-order valence-corrected chi connectivity index (χ0v) is 7.96. The lowest BCUT2D eigenvalue weighted by Gasteiger charge is -2.25. The van der Waals surface area contributed by atoms with Crippen LogP contribution in [0.2, 0.25) is 0 Å². The first-order chi connectivity index (χ1) is 5.37. The highest BCUT2D eigenvalue weighted by molar-refractivity contribution is 5.74. The Hall–Kier alpha value is -0.610. The number of ether oxygens (including phenoxy) is 1. The van der Waals surface area contributed by atoms with Crippen molar-refractivity contribution in [3.8, 4) is 0 Å². The van der Waals surface area contributed by atoms with Gasteiger partial charge in [0, 0.05) is 19.6 Å². The van der Waals surface area contributed by atoms with Gasteiger partial charge in [-0.25, -0.2) is 0 Å². The molecular formula is C8H18N2O2. The summed E-state index contributed by atoms with van der Waals surface area (Å²) in [7, 11) is 1.62. The number of rotatable bonds is 5. The van der Waals surface area contributed by atoms with E-state index in [1.807, 2.05) is 13.8 Å². The van der Waals surface area contributed by atoms with Crippen molar-refractivity contribution in [2.75, 3.05) is 7.11 Å². The molecule has 4 N–H and O–H groups in total. The topological polar surface area (TPSA) is 78.3 Å². The molecule has 0 saturated carbocycles. The van der Waals surface area contributed by atoms with Crippen LogP contribution in [-0.2, 0) is 9.53 Å². The smallest absolute Gasteiger partial charge is 0.218 e. The van der Waals surface area contributed by atoms with Crippen molar-refractivity contribution in [3.63, 3.8) is 0 Å². The Morgan fingerprint density at radius 2 is 2.08 bits per heavy atom. The number of hydrogen-bond acceptors (Lipinski definition) is 3. The SMILES string of the molecule is COC(C)(C)CC(N)CC(N)=O. The molecule has 4 heteroatoms. The van der Waals surface area contributed by atoms with Crippen molar-refractivity contribution in [1.29, 1.82) is 0 Å². The lowest BCUT2D eigenvalue weighted by Crippen LogP contribution is -2.36. The molecule has 0 aliphatic carbocycles. The first-order valence-corrected chi connectivity index (χ1v) is 3.96. The van der Waals surface area contributed by atoms with Crippen LogP contribution in [0.5, 0.6) is 0 Å². The molecule has 0 heterocycles. The maximum atomic E-state index is 10.5. The number of amides is 1. The van der Waals surface area contributed by atoms with Crippen LogP contribution < -0.4 is 11.5 Å². The minimum absolute atomic E-state index is 0.211.